The fraction of sp³-hybridized carbons (Fsp3) is 0.417. The number of aliphatic hydroxyl groups excluding tert-OH is 1. The fourth-order valence-electron chi connectivity index (χ4n) is 1.33. The second kappa shape index (κ2) is 6.09. The van der Waals surface area contributed by atoms with Crippen LogP contribution in [0.3, 0.4) is 0 Å². The van der Waals surface area contributed by atoms with Gasteiger partial charge in [-0.3, -0.25) is 0 Å². The number of nitrogens with one attached hydrogen (secondary N) is 1. The first-order valence-electron chi connectivity index (χ1n) is 5.21. The average Bonchev–Trinajstić information content (AvgIpc) is 2.27. The van der Waals surface area contributed by atoms with Crippen molar-refractivity contribution in [3.8, 4) is 6.07 Å². The van der Waals surface area contributed by atoms with E-state index in [2.05, 4.69) is 5.32 Å². The van der Waals surface area contributed by atoms with Crippen molar-refractivity contribution in [3.63, 3.8) is 0 Å². The van der Waals surface area contributed by atoms with Crippen LogP contribution in [-0.4, -0.2) is 18.3 Å². The quantitative estimate of drug-likeness (QED) is 0.802. The lowest BCUT2D eigenvalue weighted by molar-refractivity contribution is 0.266. The highest BCUT2D eigenvalue weighted by Gasteiger charge is 2.05. The van der Waals surface area contributed by atoms with Crippen molar-refractivity contribution >= 4 is 5.69 Å². The molecule has 1 unspecified atom stereocenters. The number of anilines is 1. The Bertz CT molecular complexity index is 387. The fourth-order valence-corrected chi connectivity index (χ4v) is 1.33. The minimum atomic E-state index is -0.421. The summed E-state index contributed by atoms with van der Waals surface area (Å²) in [5.41, 5.74) is 0.704. The lowest BCUT2D eigenvalue weighted by Crippen LogP contribution is -2.13. The summed E-state index contributed by atoms with van der Waals surface area (Å²) in [5.74, 6) is -0.143. The molecule has 0 aromatic heterocycles. The van der Waals surface area contributed by atoms with Gasteiger partial charge in [0.2, 0.25) is 0 Å². The predicted molar refractivity (Wildman–Crippen MR) is 60.5 cm³/mol. The number of nitrogens with zero attached hydrogens (tertiary/aromatic N) is 1. The number of halogens is 1. The Morgan fingerprint density at radius 2 is 2.31 bits per heavy atom. The van der Waals surface area contributed by atoms with E-state index >= 15 is 0 Å². The molecule has 86 valence electrons. The molecule has 0 aliphatic heterocycles. The number of aliphatic hydroxyl groups is 1. The van der Waals surface area contributed by atoms with Gasteiger partial charge in [0.25, 0.3) is 0 Å². The average molecular weight is 222 g/mol. The predicted octanol–water partition coefficient (Wildman–Crippen LogP) is 2.13. The molecule has 0 spiro atoms. The van der Waals surface area contributed by atoms with Crippen molar-refractivity contribution in [1.29, 1.82) is 5.26 Å². The van der Waals surface area contributed by atoms with Crippen LogP contribution in [0.4, 0.5) is 10.1 Å². The van der Waals surface area contributed by atoms with Gasteiger partial charge in [-0.05, 0) is 30.5 Å². The second-order valence-corrected chi connectivity index (χ2v) is 3.80. The van der Waals surface area contributed by atoms with Crippen molar-refractivity contribution in [2.24, 2.45) is 5.92 Å². The topological polar surface area (TPSA) is 56.0 Å². The summed E-state index contributed by atoms with van der Waals surface area (Å²) in [6, 6.07) is 6.21. The molecule has 3 nitrogen and oxygen atoms in total. The lowest BCUT2D eigenvalue weighted by atomic mass is 10.1. The van der Waals surface area contributed by atoms with E-state index in [0.29, 0.717) is 24.2 Å². The first-order chi connectivity index (χ1) is 7.67. The zero-order valence-electron chi connectivity index (χ0n) is 9.20. The highest BCUT2D eigenvalue weighted by molar-refractivity contribution is 5.48. The molecule has 1 aromatic rings. The maximum absolute atomic E-state index is 13.4. The number of hydrogen-bond acceptors (Lipinski definition) is 3. The van der Waals surface area contributed by atoms with E-state index in [1.54, 1.807) is 12.1 Å². The smallest absolute Gasteiger partial charge is 0.147 e. The standard InChI is InChI=1S/C12H15FN2O/c1-9(4-5-16)8-15-12-3-2-10(7-14)6-11(12)13/h2-3,6,9,15-16H,4-5,8H2,1H3. The molecule has 0 heterocycles. The Balaban J connectivity index is 2.58. The minimum Gasteiger partial charge on any atom is -0.396 e. The van der Waals surface area contributed by atoms with Gasteiger partial charge in [-0.1, -0.05) is 6.92 Å². The van der Waals surface area contributed by atoms with Crippen molar-refractivity contribution in [3.05, 3.63) is 29.6 Å². The summed E-state index contributed by atoms with van der Waals surface area (Å²) in [6.07, 6.45) is 0.685. The van der Waals surface area contributed by atoms with Crippen LogP contribution in [0, 0.1) is 23.1 Å². The molecule has 0 saturated carbocycles. The summed E-state index contributed by atoms with van der Waals surface area (Å²) in [4.78, 5) is 0. The normalized spacial score (nSPS) is 11.9. The largest absolute Gasteiger partial charge is 0.396 e. The number of hydrogen-bond donors (Lipinski definition) is 2. The number of rotatable bonds is 5. The molecule has 1 atom stereocenters. The third kappa shape index (κ3) is 3.52. The van der Waals surface area contributed by atoms with Crippen LogP contribution in [0.2, 0.25) is 0 Å². The maximum atomic E-state index is 13.4. The van der Waals surface area contributed by atoms with Gasteiger partial charge in [-0.2, -0.15) is 5.26 Å². The van der Waals surface area contributed by atoms with Gasteiger partial charge in [0, 0.05) is 13.2 Å². The van der Waals surface area contributed by atoms with Gasteiger partial charge in [-0.15, -0.1) is 0 Å². The van der Waals surface area contributed by atoms with Gasteiger partial charge in [0.15, 0.2) is 0 Å². The molecule has 2 N–H and O–H groups in total. The van der Waals surface area contributed by atoms with E-state index < -0.39 is 5.82 Å². The Labute approximate surface area is 94.5 Å². The summed E-state index contributed by atoms with van der Waals surface area (Å²) in [6.45, 7) is 2.72. The number of benzene rings is 1. The molecule has 4 heteroatoms. The SMILES string of the molecule is CC(CCO)CNc1ccc(C#N)cc1F. The molecule has 1 rings (SSSR count). The molecule has 0 fully saturated rings. The van der Waals surface area contributed by atoms with Gasteiger partial charge in [0.1, 0.15) is 5.82 Å². The van der Waals surface area contributed by atoms with Crippen molar-refractivity contribution in [2.75, 3.05) is 18.5 Å². The van der Waals surface area contributed by atoms with Gasteiger partial charge < -0.3 is 10.4 Å². The molecule has 0 bridgehead atoms. The minimum absolute atomic E-state index is 0.138. The summed E-state index contributed by atoms with van der Waals surface area (Å²) < 4.78 is 13.4. The second-order valence-electron chi connectivity index (χ2n) is 3.80. The Morgan fingerprint density at radius 3 is 2.88 bits per heavy atom. The maximum Gasteiger partial charge on any atom is 0.147 e. The first-order valence-corrected chi connectivity index (χ1v) is 5.21. The van der Waals surface area contributed by atoms with E-state index in [-0.39, 0.29) is 12.5 Å². The van der Waals surface area contributed by atoms with Crippen LogP contribution in [0.25, 0.3) is 0 Å². The van der Waals surface area contributed by atoms with E-state index in [1.165, 1.54) is 6.07 Å². The Morgan fingerprint density at radius 1 is 1.56 bits per heavy atom. The molecular weight excluding hydrogens is 207 g/mol. The van der Waals surface area contributed by atoms with Crippen molar-refractivity contribution in [2.45, 2.75) is 13.3 Å². The van der Waals surface area contributed by atoms with E-state index in [4.69, 9.17) is 10.4 Å². The third-order valence-electron chi connectivity index (χ3n) is 2.36. The monoisotopic (exact) mass is 222 g/mol. The molecular formula is C12H15FN2O. The Kier molecular flexibility index (Phi) is 4.74. The van der Waals surface area contributed by atoms with Crippen molar-refractivity contribution in [1.82, 2.24) is 0 Å². The highest BCUT2D eigenvalue weighted by atomic mass is 19.1. The molecule has 0 saturated heterocycles. The zero-order chi connectivity index (χ0) is 12.0. The number of nitriles is 1. The van der Waals surface area contributed by atoms with Gasteiger partial charge in [0.05, 0.1) is 17.3 Å². The van der Waals surface area contributed by atoms with Crippen LogP contribution in [0.1, 0.15) is 18.9 Å². The van der Waals surface area contributed by atoms with E-state index in [9.17, 15) is 4.39 Å². The first kappa shape index (κ1) is 12.5. The molecule has 0 radical (unpaired) electrons. The molecule has 0 aliphatic rings. The van der Waals surface area contributed by atoms with Crippen LogP contribution >= 0.6 is 0 Å². The third-order valence-corrected chi connectivity index (χ3v) is 2.36. The zero-order valence-corrected chi connectivity index (χ0v) is 9.20. The van der Waals surface area contributed by atoms with Crippen LogP contribution in [0.5, 0.6) is 0 Å². The van der Waals surface area contributed by atoms with Gasteiger partial charge in [-0.25, -0.2) is 4.39 Å². The molecule has 1 aromatic carbocycles. The lowest BCUT2D eigenvalue weighted by Gasteiger charge is -2.12. The summed E-state index contributed by atoms with van der Waals surface area (Å²) >= 11 is 0. The Hall–Kier alpha value is -1.60. The summed E-state index contributed by atoms with van der Waals surface area (Å²) in [5, 5.41) is 20.2. The van der Waals surface area contributed by atoms with Crippen molar-refractivity contribution < 1.29 is 9.50 Å². The highest BCUT2D eigenvalue weighted by Crippen LogP contribution is 2.16. The molecule has 0 aliphatic carbocycles. The molecule has 16 heavy (non-hydrogen) atoms. The van der Waals surface area contributed by atoms with E-state index in [1.807, 2.05) is 13.0 Å². The van der Waals surface area contributed by atoms with Crippen LogP contribution in [-0.2, 0) is 0 Å². The van der Waals surface area contributed by atoms with E-state index in [0.717, 1.165) is 0 Å². The summed E-state index contributed by atoms with van der Waals surface area (Å²) in [7, 11) is 0. The van der Waals surface area contributed by atoms with Gasteiger partial charge >= 0.3 is 0 Å². The van der Waals surface area contributed by atoms with Crippen LogP contribution in [0.15, 0.2) is 18.2 Å². The molecule has 0 amide bonds. The van der Waals surface area contributed by atoms with Crippen LogP contribution < -0.4 is 5.32 Å².